The van der Waals surface area contributed by atoms with Gasteiger partial charge in [0.1, 0.15) is 0 Å². The minimum Gasteiger partial charge on any atom is -0.289 e. The third-order valence-electron chi connectivity index (χ3n) is 2.32. The monoisotopic (exact) mass is 160 g/mol. The lowest BCUT2D eigenvalue weighted by molar-refractivity contribution is 0.947. The van der Waals surface area contributed by atoms with Gasteiger partial charge in [-0.15, -0.1) is 0 Å². The van der Waals surface area contributed by atoms with E-state index in [2.05, 4.69) is 29.9 Å². The first kappa shape index (κ1) is 7.47. The van der Waals surface area contributed by atoms with Crippen molar-refractivity contribution >= 4 is 5.71 Å². The summed E-state index contributed by atoms with van der Waals surface area (Å²) in [5.41, 5.74) is 5.10. The highest BCUT2D eigenvalue weighted by Crippen LogP contribution is 2.18. The second-order valence-electron chi connectivity index (χ2n) is 3.26. The minimum absolute atomic E-state index is 0.838. The topological polar surface area (TPSA) is 25.2 Å². The molecule has 0 radical (unpaired) electrons. The maximum atomic E-state index is 4.40. The lowest BCUT2D eigenvalue weighted by Gasteiger charge is -2.14. The Morgan fingerprint density at radius 2 is 2.17 bits per heavy atom. The Morgan fingerprint density at radius 1 is 1.33 bits per heavy atom. The summed E-state index contributed by atoms with van der Waals surface area (Å²) in [5.74, 6) is 0. The van der Waals surface area contributed by atoms with E-state index in [1.807, 2.05) is 6.20 Å². The van der Waals surface area contributed by atoms with Crippen LogP contribution in [0, 0.1) is 6.92 Å². The number of pyridine rings is 1. The fraction of sp³-hybridized carbons (Fsp3) is 0.400. The second-order valence-corrected chi connectivity index (χ2v) is 3.26. The molecule has 0 saturated carbocycles. The standard InChI is InChI=1S/C10H12N2/c1-7-5-10-8(2)11-4-3-9(10)6-12-7/h3-4H,5-6H2,1-2H3. The predicted molar refractivity (Wildman–Crippen MR) is 49.5 cm³/mol. The fourth-order valence-corrected chi connectivity index (χ4v) is 1.57. The number of aromatic nitrogens is 1. The number of rotatable bonds is 0. The molecular weight excluding hydrogens is 148 g/mol. The SMILES string of the molecule is CC1=NCc2ccnc(C)c2C1. The molecule has 0 saturated heterocycles. The van der Waals surface area contributed by atoms with Gasteiger partial charge in [-0.3, -0.25) is 9.98 Å². The highest BCUT2D eigenvalue weighted by Gasteiger charge is 2.11. The lowest BCUT2D eigenvalue weighted by atomic mass is 9.99. The number of hydrogen-bond donors (Lipinski definition) is 0. The normalized spacial score (nSPS) is 15.3. The second kappa shape index (κ2) is 2.70. The summed E-state index contributed by atoms with van der Waals surface area (Å²) in [5, 5.41) is 0. The average Bonchev–Trinajstić information content (AvgIpc) is 2.07. The quantitative estimate of drug-likeness (QED) is 0.569. The molecule has 0 spiro atoms. The van der Waals surface area contributed by atoms with Crippen molar-refractivity contribution < 1.29 is 0 Å². The van der Waals surface area contributed by atoms with Gasteiger partial charge in [0.2, 0.25) is 0 Å². The molecule has 0 amide bonds. The van der Waals surface area contributed by atoms with Gasteiger partial charge < -0.3 is 0 Å². The Kier molecular flexibility index (Phi) is 1.68. The van der Waals surface area contributed by atoms with Crippen molar-refractivity contribution in [3.05, 3.63) is 29.1 Å². The van der Waals surface area contributed by atoms with Crippen LogP contribution < -0.4 is 0 Å². The summed E-state index contributed by atoms with van der Waals surface area (Å²) >= 11 is 0. The van der Waals surface area contributed by atoms with Crippen LogP contribution in [-0.4, -0.2) is 10.7 Å². The van der Waals surface area contributed by atoms with Crippen molar-refractivity contribution in [2.45, 2.75) is 26.8 Å². The van der Waals surface area contributed by atoms with Crippen molar-refractivity contribution in [3.63, 3.8) is 0 Å². The summed E-state index contributed by atoms with van der Waals surface area (Å²) in [4.78, 5) is 8.67. The number of nitrogens with zero attached hydrogens (tertiary/aromatic N) is 2. The zero-order valence-corrected chi connectivity index (χ0v) is 7.46. The van der Waals surface area contributed by atoms with Gasteiger partial charge in [0.05, 0.1) is 6.54 Å². The Bertz CT molecular complexity index is 340. The molecule has 0 aliphatic carbocycles. The Labute approximate surface area is 72.4 Å². The van der Waals surface area contributed by atoms with Gasteiger partial charge in [0.25, 0.3) is 0 Å². The maximum Gasteiger partial charge on any atom is 0.0643 e. The number of aliphatic imine (C=N–C) groups is 1. The van der Waals surface area contributed by atoms with Gasteiger partial charge in [-0.25, -0.2) is 0 Å². The zero-order chi connectivity index (χ0) is 8.55. The van der Waals surface area contributed by atoms with Crippen LogP contribution in [0.15, 0.2) is 17.3 Å². The highest BCUT2D eigenvalue weighted by molar-refractivity contribution is 5.85. The summed E-state index contributed by atoms with van der Waals surface area (Å²) in [6, 6.07) is 2.07. The molecule has 1 aliphatic heterocycles. The number of aryl methyl sites for hydroxylation is 1. The van der Waals surface area contributed by atoms with E-state index < -0.39 is 0 Å². The summed E-state index contributed by atoms with van der Waals surface area (Å²) in [6.07, 6.45) is 2.85. The van der Waals surface area contributed by atoms with Gasteiger partial charge in [0, 0.05) is 24.0 Å². The first-order valence-electron chi connectivity index (χ1n) is 4.20. The third kappa shape index (κ3) is 1.13. The molecular formula is C10H12N2. The average molecular weight is 160 g/mol. The van der Waals surface area contributed by atoms with Crippen molar-refractivity contribution in [2.24, 2.45) is 4.99 Å². The van der Waals surface area contributed by atoms with E-state index >= 15 is 0 Å². The molecule has 62 valence electrons. The van der Waals surface area contributed by atoms with Crippen molar-refractivity contribution in [3.8, 4) is 0 Å². The molecule has 12 heavy (non-hydrogen) atoms. The molecule has 2 heteroatoms. The molecule has 1 aliphatic rings. The van der Waals surface area contributed by atoms with Crippen LogP contribution in [0.3, 0.4) is 0 Å². The van der Waals surface area contributed by atoms with E-state index in [0.29, 0.717) is 0 Å². The summed E-state index contributed by atoms with van der Waals surface area (Å²) in [6.45, 7) is 4.98. The van der Waals surface area contributed by atoms with E-state index in [4.69, 9.17) is 0 Å². The largest absolute Gasteiger partial charge is 0.289 e. The van der Waals surface area contributed by atoms with Crippen LogP contribution in [-0.2, 0) is 13.0 Å². The Balaban J connectivity index is 2.49. The van der Waals surface area contributed by atoms with E-state index in [0.717, 1.165) is 18.7 Å². The van der Waals surface area contributed by atoms with Crippen LogP contribution in [0.25, 0.3) is 0 Å². The highest BCUT2D eigenvalue weighted by atomic mass is 14.8. The Morgan fingerprint density at radius 3 is 3.00 bits per heavy atom. The molecule has 2 rings (SSSR count). The Hall–Kier alpha value is -1.18. The molecule has 2 heterocycles. The van der Waals surface area contributed by atoms with E-state index in [1.165, 1.54) is 16.8 Å². The van der Waals surface area contributed by atoms with Gasteiger partial charge in [-0.05, 0) is 31.0 Å². The van der Waals surface area contributed by atoms with E-state index in [-0.39, 0.29) is 0 Å². The van der Waals surface area contributed by atoms with Crippen LogP contribution in [0.5, 0.6) is 0 Å². The molecule has 0 atom stereocenters. The molecule has 0 N–H and O–H groups in total. The molecule has 1 aromatic heterocycles. The summed E-state index contributed by atoms with van der Waals surface area (Å²) in [7, 11) is 0. The first-order chi connectivity index (χ1) is 5.77. The number of fused-ring (bicyclic) bond motifs is 1. The summed E-state index contributed by atoms with van der Waals surface area (Å²) < 4.78 is 0. The van der Waals surface area contributed by atoms with Gasteiger partial charge in [-0.2, -0.15) is 0 Å². The molecule has 2 nitrogen and oxygen atoms in total. The van der Waals surface area contributed by atoms with E-state index in [9.17, 15) is 0 Å². The number of hydrogen-bond acceptors (Lipinski definition) is 2. The first-order valence-corrected chi connectivity index (χ1v) is 4.20. The smallest absolute Gasteiger partial charge is 0.0643 e. The van der Waals surface area contributed by atoms with Gasteiger partial charge >= 0.3 is 0 Å². The van der Waals surface area contributed by atoms with E-state index in [1.54, 1.807) is 0 Å². The van der Waals surface area contributed by atoms with Gasteiger partial charge in [0.15, 0.2) is 0 Å². The molecule has 0 bridgehead atoms. The van der Waals surface area contributed by atoms with Crippen LogP contribution in [0.1, 0.15) is 23.7 Å². The van der Waals surface area contributed by atoms with Crippen molar-refractivity contribution in [1.29, 1.82) is 0 Å². The maximum absolute atomic E-state index is 4.40. The zero-order valence-electron chi connectivity index (χ0n) is 7.46. The molecule has 0 unspecified atom stereocenters. The van der Waals surface area contributed by atoms with Crippen LogP contribution in [0.4, 0.5) is 0 Å². The molecule has 0 aromatic carbocycles. The fourth-order valence-electron chi connectivity index (χ4n) is 1.57. The van der Waals surface area contributed by atoms with Crippen molar-refractivity contribution in [2.75, 3.05) is 0 Å². The van der Waals surface area contributed by atoms with Crippen molar-refractivity contribution in [1.82, 2.24) is 4.98 Å². The van der Waals surface area contributed by atoms with Gasteiger partial charge in [-0.1, -0.05) is 0 Å². The van der Waals surface area contributed by atoms with Crippen LogP contribution >= 0.6 is 0 Å². The predicted octanol–water partition coefficient (Wildman–Crippen LogP) is 1.91. The minimum atomic E-state index is 0.838. The molecule has 0 fully saturated rings. The third-order valence-corrected chi connectivity index (χ3v) is 2.32. The molecule has 1 aromatic rings. The van der Waals surface area contributed by atoms with Crippen LogP contribution in [0.2, 0.25) is 0 Å². The lowest BCUT2D eigenvalue weighted by Crippen LogP contribution is -2.10.